The molecule has 4 nitrogen and oxygen atoms in total. The van der Waals surface area contributed by atoms with Gasteiger partial charge in [0.2, 0.25) is 5.91 Å². The van der Waals surface area contributed by atoms with Crippen LogP contribution < -0.4 is 5.32 Å². The van der Waals surface area contributed by atoms with Gasteiger partial charge in [-0.1, -0.05) is 26.2 Å². The lowest BCUT2D eigenvalue weighted by molar-refractivity contribution is -0.151. The molecule has 1 rings (SSSR count). The lowest BCUT2D eigenvalue weighted by atomic mass is 9.73. The van der Waals surface area contributed by atoms with Crippen LogP contribution in [0.3, 0.4) is 0 Å². The summed E-state index contributed by atoms with van der Waals surface area (Å²) in [6, 6.07) is 0. The minimum Gasteiger partial charge on any atom is -0.479 e. The van der Waals surface area contributed by atoms with E-state index in [0.29, 0.717) is 6.42 Å². The van der Waals surface area contributed by atoms with Crippen LogP contribution in [0.5, 0.6) is 0 Å². The lowest BCUT2D eigenvalue weighted by Crippen LogP contribution is -2.59. The first-order chi connectivity index (χ1) is 7.53. The molecule has 4 heteroatoms. The number of rotatable bonds is 4. The number of amides is 1. The van der Waals surface area contributed by atoms with Gasteiger partial charge in [-0.2, -0.15) is 0 Å². The van der Waals surface area contributed by atoms with Crippen molar-refractivity contribution < 1.29 is 14.7 Å². The summed E-state index contributed by atoms with van der Waals surface area (Å²) in [5, 5.41) is 12.1. The Morgan fingerprint density at radius 1 is 1.31 bits per heavy atom. The van der Waals surface area contributed by atoms with Gasteiger partial charge >= 0.3 is 5.97 Å². The molecule has 0 spiro atoms. The fraction of sp³-hybridized carbons (Fsp3) is 0.833. The molecule has 1 aliphatic rings. The smallest absolute Gasteiger partial charge is 0.329 e. The third kappa shape index (κ3) is 2.54. The second-order valence-electron chi connectivity index (χ2n) is 4.65. The highest BCUT2D eigenvalue weighted by molar-refractivity contribution is 5.86. The monoisotopic (exact) mass is 227 g/mol. The number of carbonyl (C=O) groups is 2. The van der Waals surface area contributed by atoms with E-state index in [-0.39, 0.29) is 11.8 Å². The summed E-state index contributed by atoms with van der Waals surface area (Å²) in [4.78, 5) is 22.7. The molecule has 2 N–H and O–H groups in total. The van der Waals surface area contributed by atoms with E-state index in [1.807, 2.05) is 6.92 Å². The van der Waals surface area contributed by atoms with Crippen molar-refractivity contribution in [1.29, 1.82) is 0 Å². The Bertz CT molecular complexity index is 271. The van der Waals surface area contributed by atoms with E-state index in [4.69, 9.17) is 0 Å². The van der Waals surface area contributed by atoms with Crippen molar-refractivity contribution in [3.05, 3.63) is 0 Å². The topological polar surface area (TPSA) is 66.4 Å². The minimum absolute atomic E-state index is 0.0765. The number of nitrogens with one attached hydrogen (secondary N) is 1. The van der Waals surface area contributed by atoms with Crippen LogP contribution in [0.4, 0.5) is 0 Å². The van der Waals surface area contributed by atoms with E-state index in [9.17, 15) is 14.7 Å². The van der Waals surface area contributed by atoms with Crippen LogP contribution >= 0.6 is 0 Å². The first-order valence-corrected chi connectivity index (χ1v) is 6.05. The maximum absolute atomic E-state index is 11.5. The summed E-state index contributed by atoms with van der Waals surface area (Å²) < 4.78 is 0. The zero-order valence-corrected chi connectivity index (χ0v) is 10.1. The van der Waals surface area contributed by atoms with Gasteiger partial charge in [0.15, 0.2) is 0 Å². The average Bonchev–Trinajstić information content (AvgIpc) is 2.26. The molecule has 0 aromatic carbocycles. The number of carboxylic acid groups (broad SMARTS) is 1. The molecule has 1 fully saturated rings. The van der Waals surface area contributed by atoms with E-state index in [0.717, 1.165) is 25.7 Å². The van der Waals surface area contributed by atoms with Crippen molar-refractivity contribution >= 4 is 11.9 Å². The van der Waals surface area contributed by atoms with Crippen LogP contribution in [0, 0.1) is 5.92 Å². The SMILES string of the molecule is CC[C@](NC(C)=O)(C(=O)O)C1CCCCC1. The number of carbonyl (C=O) groups excluding carboxylic acids is 1. The molecule has 1 aliphatic carbocycles. The quantitative estimate of drug-likeness (QED) is 0.771. The third-order valence-corrected chi connectivity index (χ3v) is 3.64. The Labute approximate surface area is 96.4 Å². The predicted octanol–water partition coefficient (Wildman–Crippen LogP) is 1.94. The Morgan fingerprint density at radius 2 is 1.88 bits per heavy atom. The van der Waals surface area contributed by atoms with Gasteiger partial charge in [-0.05, 0) is 25.2 Å². The standard InChI is InChI=1S/C12H21NO3/c1-3-12(11(15)16,13-9(2)14)10-7-5-4-6-8-10/h10H,3-8H2,1-2H3,(H,13,14)(H,15,16)/t12-/m1/s1. The highest BCUT2D eigenvalue weighted by Crippen LogP contribution is 2.35. The van der Waals surface area contributed by atoms with Crippen LogP contribution in [-0.2, 0) is 9.59 Å². The van der Waals surface area contributed by atoms with E-state index in [1.165, 1.54) is 13.3 Å². The predicted molar refractivity (Wildman–Crippen MR) is 61.0 cm³/mol. The molecule has 0 aromatic rings. The van der Waals surface area contributed by atoms with Crippen LogP contribution in [0.25, 0.3) is 0 Å². The fourth-order valence-corrected chi connectivity index (χ4v) is 2.77. The molecular formula is C12H21NO3. The van der Waals surface area contributed by atoms with Gasteiger partial charge in [-0.25, -0.2) is 4.79 Å². The largest absolute Gasteiger partial charge is 0.479 e. The Morgan fingerprint density at radius 3 is 2.25 bits per heavy atom. The normalized spacial score (nSPS) is 21.1. The Balaban J connectivity index is 2.90. The molecule has 1 amide bonds. The van der Waals surface area contributed by atoms with Crippen LogP contribution in [0.15, 0.2) is 0 Å². The molecule has 0 heterocycles. The first-order valence-electron chi connectivity index (χ1n) is 6.05. The molecular weight excluding hydrogens is 206 g/mol. The summed E-state index contributed by atoms with van der Waals surface area (Å²) >= 11 is 0. The maximum Gasteiger partial charge on any atom is 0.329 e. The van der Waals surface area contributed by atoms with Crippen molar-refractivity contribution in [3.8, 4) is 0 Å². The molecule has 0 radical (unpaired) electrons. The summed E-state index contributed by atoms with van der Waals surface area (Å²) in [6.45, 7) is 3.22. The molecule has 16 heavy (non-hydrogen) atoms. The molecule has 0 bridgehead atoms. The van der Waals surface area contributed by atoms with E-state index in [1.54, 1.807) is 0 Å². The summed E-state index contributed by atoms with van der Waals surface area (Å²) in [6.07, 6.45) is 5.57. The molecule has 92 valence electrons. The van der Waals surface area contributed by atoms with E-state index in [2.05, 4.69) is 5.32 Å². The first kappa shape index (κ1) is 13.0. The lowest BCUT2D eigenvalue weighted by Gasteiger charge is -2.39. The van der Waals surface area contributed by atoms with Crippen LogP contribution in [-0.4, -0.2) is 22.5 Å². The van der Waals surface area contributed by atoms with Gasteiger partial charge in [-0.3, -0.25) is 4.79 Å². The number of hydrogen-bond acceptors (Lipinski definition) is 2. The zero-order valence-electron chi connectivity index (χ0n) is 10.1. The highest BCUT2D eigenvalue weighted by atomic mass is 16.4. The highest BCUT2D eigenvalue weighted by Gasteiger charge is 2.45. The summed E-state index contributed by atoms with van der Waals surface area (Å²) in [5.74, 6) is -1.07. The summed E-state index contributed by atoms with van der Waals surface area (Å²) in [5.41, 5.74) is -1.05. The zero-order chi connectivity index (χ0) is 12.2. The number of hydrogen-bond donors (Lipinski definition) is 2. The Kier molecular flexibility index (Phi) is 4.33. The third-order valence-electron chi connectivity index (χ3n) is 3.64. The molecule has 1 atom stereocenters. The molecule has 0 unspecified atom stereocenters. The van der Waals surface area contributed by atoms with Crippen molar-refractivity contribution in [2.24, 2.45) is 5.92 Å². The second-order valence-corrected chi connectivity index (χ2v) is 4.65. The maximum atomic E-state index is 11.5. The van der Waals surface area contributed by atoms with Gasteiger partial charge in [0, 0.05) is 6.92 Å². The summed E-state index contributed by atoms with van der Waals surface area (Å²) in [7, 11) is 0. The van der Waals surface area contributed by atoms with Gasteiger partial charge in [0.25, 0.3) is 0 Å². The Hall–Kier alpha value is -1.06. The van der Waals surface area contributed by atoms with Crippen molar-refractivity contribution in [1.82, 2.24) is 5.32 Å². The van der Waals surface area contributed by atoms with Gasteiger partial charge in [0.1, 0.15) is 5.54 Å². The number of carboxylic acids is 1. The molecule has 1 saturated carbocycles. The van der Waals surface area contributed by atoms with Crippen molar-refractivity contribution in [2.75, 3.05) is 0 Å². The molecule has 0 saturated heterocycles. The van der Waals surface area contributed by atoms with Gasteiger partial charge in [-0.15, -0.1) is 0 Å². The number of aliphatic carboxylic acids is 1. The second kappa shape index (κ2) is 5.32. The fourth-order valence-electron chi connectivity index (χ4n) is 2.77. The van der Waals surface area contributed by atoms with E-state index < -0.39 is 11.5 Å². The van der Waals surface area contributed by atoms with Crippen molar-refractivity contribution in [3.63, 3.8) is 0 Å². The van der Waals surface area contributed by atoms with Crippen LogP contribution in [0.2, 0.25) is 0 Å². The van der Waals surface area contributed by atoms with Gasteiger partial charge in [0.05, 0.1) is 0 Å². The molecule has 0 aromatic heterocycles. The van der Waals surface area contributed by atoms with Crippen LogP contribution in [0.1, 0.15) is 52.4 Å². The minimum atomic E-state index is -1.05. The van der Waals surface area contributed by atoms with Crippen molar-refractivity contribution in [2.45, 2.75) is 57.9 Å². The molecule has 0 aliphatic heterocycles. The van der Waals surface area contributed by atoms with Gasteiger partial charge < -0.3 is 10.4 Å². The van der Waals surface area contributed by atoms with E-state index >= 15 is 0 Å². The average molecular weight is 227 g/mol.